The summed E-state index contributed by atoms with van der Waals surface area (Å²) < 4.78 is 6.96. The first kappa shape index (κ1) is 17.6. The number of aromatic nitrogens is 4. The zero-order chi connectivity index (χ0) is 18.6. The van der Waals surface area contributed by atoms with Crippen molar-refractivity contribution in [3.63, 3.8) is 0 Å². The Morgan fingerprint density at radius 1 is 1.33 bits per heavy atom. The molecule has 0 spiro atoms. The van der Waals surface area contributed by atoms with E-state index in [4.69, 9.17) is 4.74 Å². The quantitative estimate of drug-likeness (QED) is 0.721. The van der Waals surface area contributed by atoms with Crippen LogP contribution < -0.4 is 10.2 Å². The van der Waals surface area contributed by atoms with E-state index in [1.54, 1.807) is 35.3 Å². The Bertz CT molecular complexity index is 918. The Morgan fingerprint density at radius 3 is 2.96 bits per heavy atom. The number of carbonyl (C=O) groups excluding carboxylic acids is 1. The highest BCUT2D eigenvalue weighted by Gasteiger charge is 2.16. The minimum Gasteiger partial charge on any atom is -0.378 e. The summed E-state index contributed by atoms with van der Waals surface area (Å²) in [5.74, 6) is 0.491. The van der Waals surface area contributed by atoms with Crippen molar-refractivity contribution in [2.75, 3.05) is 31.2 Å². The SMILES string of the molecule is Cn1nc(-c2cccs2)cc1C(=O)NCc1ccnc(N2CCOCC2)n1. The minimum absolute atomic E-state index is 0.181. The average Bonchev–Trinajstić information content (AvgIpc) is 3.37. The number of nitrogens with one attached hydrogen (secondary N) is 1. The van der Waals surface area contributed by atoms with Crippen LogP contribution in [0.1, 0.15) is 16.2 Å². The Balaban J connectivity index is 1.42. The van der Waals surface area contributed by atoms with Crippen LogP contribution in [-0.4, -0.2) is 52.0 Å². The van der Waals surface area contributed by atoms with Crippen LogP contribution in [0, 0.1) is 0 Å². The van der Waals surface area contributed by atoms with Crippen molar-refractivity contribution in [1.82, 2.24) is 25.1 Å². The predicted octanol–water partition coefficient (Wildman–Crippen LogP) is 1.71. The molecule has 9 heteroatoms. The van der Waals surface area contributed by atoms with E-state index in [1.807, 2.05) is 23.6 Å². The van der Waals surface area contributed by atoms with E-state index in [1.165, 1.54) is 0 Å². The standard InChI is InChI=1S/C18H20N6O2S/c1-23-15(11-14(22-23)16-3-2-10-27-16)17(25)20-12-13-4-5-19-18(21-13)24-6-8-26-9-7-24/h2-5,10-11H,6-9,12H2,1H3,(H,20,25). The first-order chi connectivity index (χ1) is 13.2. The molecule has 4 heterocycles. The van der Waals surface area contributed by atoms with Gasteiger partial charge in [0.25, 0.3) is 5.91 Å². The summed E-state index contributed by atoms with van der Waals surface area (Å²) in [7, 11) is 1.77. The van der Waals surface area contributed by atoms with Gasteiger partial charge < -0.3 is 15.0 Å². The molecule has 1 fully saturated rings. The summed E-state index contributed by atoms with van der Waals surface area (Å²) >= 11 is 1.60. The number of ether oxygens (including phenoxy) is 1. The summed E-state index contributed by atoms with van der Waals surface area (Å²) in [4.78, 5) is 24.6. The van der Waals surface area contributed by atoms with Crippen LogP contribution in [0.25, 0.3) is 10.6 Å². The molecular formula is C18H20N6O2S. The number of hydrogen-bond acceptors (Lipinski definition) is 7. The molecule has 4 rings (SSSR count). The Labute approximate surface area is 160 Å². The molecule has 3 aromatic rings. The topological polar surface area (TPSA) is 85.2 Å². The number of nitrogens with zero attached hydrogens (tertiary/aromatic N) is 5. The third kappa shape index (κ3) is 3.99. The number of amides is 1. The van der Waals surface area contributed by atoms with Gasteiger partial charge in [0, 0.05) is 26.3 Å². The van der Waals surface area contributed by atoms with E-state index in [0.717, 1.165) is 29.4 Å². The summed E-state index contributed by atoms with van der Waals surface area (Å²) in [5, 5.41) is 9.33. The van der Waals surface area contributed by atoms with Crippen molar-refractivity contribution in [3.8, 4) is 10.6 Å². The average molecular weight is 384 g/mol. The second-order valence-electron chi connectivity index (χ2n) is 6.15. The molecule has 0 unspecified atom stereocenters. The normalized spacial score (nSPS) is 14.3. The zero-order valence-electron chi connectivity index (χ0n) is 15.0. The van der Waals surface area contributed by atoms with Gasteiger partial charge in [0.15, 0.2) is 0 Å². The summed E-state index contributed by atoms with van der Waals surface area (Å²) in [5.41, 5.74) is 2.08. The molecule has 0 aromatic carbocycles. The number of carbonyl (C=O) groups is 1. The van der Waals surface area contributed by atoms with Crippen molar-refractivity contribution in [2.24, 2.45) is 7.05 Å². The van der Waals surface area contributed by atoms with Gasteiger partial charge in [-0.3, -0.25) is 9.48 Å². The second kappa shape index (κ2) is 7.85. The highest BCUT2D eigenvalue weighted by molar-refractivity contribution is 7.13. The van der Waals surface area contributed by atoms with Crippen LogP contribution in [-0.2, 0) is 18.3 Å². The lowest BCUT2D eigenvalue weighted by atomic mass is 10.3. The maximum atomic E-state index is 12.6. The first-order valence-corrected chi connectivity index (χ1v) is 9.59. The molecule has 0 bridgehead atoms. The highest BCUT2D eigenvalue weighted by Crippen LogP contribution is 2.23. The van der Waals surface area contributed by atoms with Gasteiger partial charge in [0.1, 0.15) is 11.4 Å². The molecule has 0 atom stereocenters. The van der Waals surface area contributed by atoms with Gasteiger partial charge >= 0.3 is 0 Å². The number of morpholine rings is 1. The van der Waals surface area contributed by atoms with E-state index in [0.29, 0.717) is 31.4 Å². The molecule has 1 amide bonds. The number of hydrogen-bond donors (Lipinski definition) is 1. The first-order valence-electron chi connectivity index (χ1n) is 8.71. The molecule has 0 radical (unpaired) electrons. The lowest BCUT2D eigenvalue weighted by Gasteiger charge is -2.26. The molecule has 1 aliphatic rings. The Morgan fingerprint density at radius 2 is 2.19 bits per heavy atom. The Kier molecular flexibility index (Phi) is 5.12. The molecule has 0 saturated carbocycles. The maximum absolute atomic E-state index is 12.6. The van der Waals surface area contributed by atoms with Gasteiger partial charge in [-0.1, -0.05) is 6.07 Å². The van der Waals surface area contributed by atoms with Crippen LogP contribution in [0.15, 0.2) is 35.8 Å². The summed E-state index contributed by atoms with van der Waals surface area (Å²) in [6, 6.07) is 7.57. The Hall–Kier alpha value is -2.78. The van der Waals surface area contributed by atoms with Crippen LogP contribution in [0.2, 0.25) is 0 Å². The van der Waals surface area contributed by atoms with Crippen molar-refractivity contribution >= 4 is 23.2 Å². The molecule has 0 aliphatic carbocycles. The molecule has 3 aromatic heterocycles. The van der Waals surface area contributed by atoms with Gasteiger partial charge in [-0.2, -0.15) is 5.10 Å². The molecule has 27 heavy (non-hydrogen) atoms. The van der Waals surface area contributed by atoms with Gasteiger partial charge in [0.2, 0.25) is 5.95 Å². The van der Waals surface area contributed by atoms with Crippen LogP contribution in [0.5, 0.6) is 0 Å². The van der Waals surface area contributed by atoms with Gasteiger partial charge in [-0.05, 0) is 23.6 Å². The number of aryl methyl sites for hydroxylation is 1. The fourth-order valence-electron chi connectivity index (χ4n) is 2.88. The van der Waals surface area contributed by atoms with Gasteiger partial charge in [0.05, 0.1) is 30.3 Å². The predicted molar refractivity (Wildman–Crippen MR) is 103 cm³/mol. The fraction of sp³-hybridized carbons (Fsp3) is 0.333. The molecular weight excluding hydrogens is 364 g/mol. The van der Waals surface area contributed by atoms with Crippen LogP contribution in [0.3, 0.4) is 0 Å². The number of anilines is 1. The summed E-state index contributed by atoms with van der Waals surface area (Å²) in [6.45, 7) is 3.24. The molecule has 1 N–H and O–H groups in total. The zero-order valence-corrected chi connectivity index (χ0v) is 15.8. The van der Waals surface area contributed by atoms with Crippen molar-refractivity contribution < 1.29 is 9.53 Å². The number of rotatable bonds is 5. The molecule has 140 valence electrons. The van der Waals surface area contributed by atoms with Crippen molar-refractivity contribution in [2.45, 2.75) is 6.54 Å². The van der Waals surface area contributed by atoms with E-state index >= 15 is 0 Å². The second-order valence-corrected chi connectivity index (χ2v) is 7.09. The van der Waals surface area contributed by atoms with E-state index in [2.05, 4.69) is 25.3 Å². The third-order valence-electron chi connectivity index (χ3n) is 4.31. The van der Waals surface area contributed by atoms with E-state index in [9.17, 15) is 4.79 Å². The van der Waals surface area contributed by atoms with Gasteiger partial charge in [-0.15, -0.1) is 11.3 Å². The molecule has 1 saturated heterocycles. The van der Waals surface area contributed by atoms with E-state index in [-0.39, 0.29) is 5.91 Å². The molecule has 8 nitrogen and oxygen atoms in total. The highest BCUT2D eigenvalue weighted by atomic mass is 32.1. The minimum atomic E-state index is -0.181. The fourth-order valence-corrected chi connectivity index (χ4v) is 3.57. The smallest absolute Gasteiger partial charge is 0.269 e. The van der Waals surface area contributed by atoms with Crippen LogP contribution >= 0.6 is 11.3 Å². The lowest BCUT2D eigenvalue weighted by Crippen LogP contribution is -2.37. The molecule has 1 aliphatic heterocycles. The maximum Gasteiger partial charge on any atom is 0.269 e. The third-order valence-corrected chi connectivity index (χ3v) is 5.20. The van der Waals surface area contributed by atoms with Crippen LogP contribution in [0.4, 0.5) is 5.95 Å². The van der Waals surface area contributed by atoms with Crippen molar-refractivity contribution in [1.29, 1.82) is 0 Å². The van der Waals surface area contributed by atoms with Gasteiger partial charge in [-0.25, -0.2) is 9.97 Å². The monoisotopic (exact) mass is 384 g/mol. The van der Waals surface area contributed by atoms with E-state index < -0.39 is 0 Å². The van der Waals surface area contributed by atoms with Crippen molar-refractivity contribution in [3.05, 3.63) is 47.2 Å². The summed E-state index contributed by atoms with van der Waals surface area (Å²) in [6.07, 6.45) is 1.72. The number of thiophene rings is 1. The largest absolute Gasteiger partial charge is 0.378 e. The lowest BCUT2D eigenvalue weighted by molar-refractivity contribution is 0.0941.